The van der Waals surface area contributed by atoms with Gasteiger partial charge in [-0.2, -0.15) is 4.31 Å². The van der Waals surface area contributed by atoms with Crippen LogP contribution in [0.15, 0.2) is 41.3 Å². The fraction of sp³-hybridized carbons (Fsp3) is 0.409. The standard InChI is InChI=1S/C22H28N2O4S/c1-15-13-16(2)21(17(3)14-15)29(26,27)24-11-9-18(10-12-24)22(25)23-19-7-5-6-8-20(19)28-4/h5-8,13-14,18H,9-12H2,1-4H3,(H,23,25). The van der Waals surface area contributed by atoms with Gasteiger partial charge in [0.2, 0.25) is 15.9 Å². The molecule has 0 aromatic heterocycles. The molecule has 1 saturated heterocycles. The minimum Gasteiger partial charge on any atom is -0.495 e. The molecule has 0 unspecified atom stereocenters. The minimum atomic E-state index is -3.58. The van der Waals surface area contributed by atoms with Crippen LogP contribution in [0.3, 0.4) is 0 Å². The van der Waals surface area contributed by atoms with Crippen molar-refractivity contribution in [3.63, 3.8) is 0 Å². The second-order valence-electron chi connectivity index (χ2n) is 7.60. The zero-order chi connectivity index (χ0) is 21.2. The van der Waals surface area contributed by atoms with Gasteiger partial charge in [-0.05, 0) is 56.9 Å². The van der Waals surface area contributed by atoms with E-state index in [9.17, 15) is 13.2 Å². The number of methoxy groups -OCH3 is 1. The number of aryl methyl sites for hydroxylation is 3. The molecule has 1 heterocycles. The minimum absolute atomic E-state index is 0.103. The molecule has 156 valence electrons. The van der Waals surface area contributed by atoms with Gasteiger partial charge in [-0.1, -0.05) is 29.8 Å². The van der Waals surface area contributed by atoms with Crippen LogP contribution in [0.2, 0.25) is 0 Å². The van der Waals surface area contributed by atoms with E-state index in [1.54, 1.807) is 19.2 Å². The molecule has 0 radical (unpaired) electrons. The summed E-state index contributed by atoms with van der Waals surface area (Å²) in [6, 6.07) is 11.0. The quantitative estimate of drug-likeness (QED) is 0.807. The summed E-state index contributed by atoms with van der Waals surface area (Å²) in [6.07, 6.45) is 0.980. The average molecular weight is 417 g/mol. The maximum atomic E-state index is 13.2. The van der Waals surface area contributed by atoms with E-state index in [4.69, 9.17) is 4.74 Å². The van der Waals surface area contributed by atoms with E-state index in [2.05, 4.69) is 5.32 Å². The number of anilines is 1. The molecule has 1 amide bonds. The Morgan fingerprint density at radius 1 is 1.07 bits per heavy atom. The highest BCUT2D eigenvalue weighted by Crippen LogP contribution is 2.30. The van der Waals surface area contributed by atoms with Gasteiger partial charge in [-0.25, -0.2) is 8.42 Å². The second kappa shape index (κ2) is 8.55. The Bertz CT molecular complexity index is 986. The molecule has 6 nitrogen and oxygen atoms in total. The summed E-state index contributed by atoms with van der Waals surface area (Å²) in [5.41, 5.74) is 3.20. The molecule has 1 aliphatic heterocycles. The van der Waals surface area contributed by atoms with Crippen LogP contribution in [0, 0.1) is 26.7 Å². The highest BCUT2D eigenvalue weighted by molar-refractivity contribution is 7.89. The summed E-state index contributed by atoms with van der Waals surface area (Å²) in [7, 11) is -2.02. The number of sulfonamides is 1. The lowest BCUT2D eigenvalue weighted by atomic mass is 9.97. The molecule has 0 bridgehead atoms. The van der Waals surface area contributed by atoms with Gasteiger partial charge in [0.05, 0.1) is 17.7 Å². The number of rotatable bonds is 5. The molecule has 2 aromatic rings. The van der Waals surface area contributed by atoms with Crippen molar-refractivity contribution in [3.05, 3.63) is 53.1 Å². The largest absolute Gasteiger partial charge is 0.495 e. The molecule has 0 aliphatic carbocycles. The van der Waals surface area contributed by atoms with Gasteiger partial charge in [0.1, 0.15) is 5.75 Å². The molecule has 1 N–H and O–H groups in total. The molecule has 1 fully saturated rings. The second-order valence-corrected chi connectivity index (χ2v) is 9.47. The number of benzene rings is 2. The van der Waals surface area contributed by atoms with Gasteiger partial charge < -0.3 is 10.1 Å². The third-order valence-corrected chi connectivity index (χ3v) is 7.60. The van der Waals surface area contributed by atoms with E-state index in [0.29, 0.717) is 42.3 Å². The van der Waals surface area contributed by atoms with Gasteiger partial charge in [-0.15, -0.1) is 0 Å². The number of hydrogen-bond acceptors (Lipinski definition) is 4. The fourth-order valence-electron chi connectivity index (χ4n) is 4.04. The number of para-hydroxylation sites is 2. The van der Waals surface area contributed by atoms with Crippen molar-refractivity contribution in [1.82, 2.24) is 4.31 Å². The lowest BCUT2D eigenvalue weighted by molar-refractivity contribution is -0.120. The predicted octanol–water partition coefficient (Wildman–Crippen LogP) is 3.66. The predicted molar refractivity (Wildman–Crippen MR) is 114 cm³/mol. The number of piperidine rings is 1. The monoisotopic (exact) mass is 416 g/mol. The lowest BCUT2D eigenvalue weighted by Crippen LogP contribution is -2.41. The van der Waals surface area contributed by atoms with Crippen LogP contribution in [0.5, 0.6) is 5.75 Å². The number of amides is 1. The fourth-order valence-corrected chi connectivity index (χ4v) is 5.93. The van der Waals surface area contributed by atoms with Gasteiger partial charge in [0, 0.05) is 19.0 Å². The summed E-state index contributed by atoms with van der Waals surface area (Å²) in [5.74, 6) is 0.270. The molecule has 0 atom stereocenters. The lowest BCUT2D eigenvalue weighted by Gasteiger charge is -2.31. The summed E-state index contributed by atoms with van der Waals surface area (Å²) in [4.78, 5) is 13.1. The number of hydrogen-bond donors (Lipinski definition) is 1. The summed E-state index contributed by atoms with van der Waals surface area (Å²) in [5, 5.41) is 2.91. The first-order valence-electron chi connectivity index (χ1n) is 9.76. The van der Waals surface area contributed by atoms with E-state index in [0.717, 1.165) is 16.7 Å². The Balaban J connectivity index is 1.69. The van der Waals surface area contributed by atoms with E-state index in [-0.39, 0.29) is 11.8 Å². The molecule has 0 saturated carbocycles. The Labute approximate surface area is 172 Å². The zero-order valence-corrected chi connectivity index (χ0v) is 18.2. The molecular formula is C22H28N2O4S. The number of nitrogens with one attached hydrogen (secondary N) is 1. The van der Waals surface area contributed by atoms with Crippen LogP contribution < -0.4 is 10.1 Å². The number of nitrogens with zero attached hydrogens (tertiary/aromatic N) is 1. The van der Waals surface area contributed by atoms with Crippen LogP contribution >= 0.6 is 0 Å². The van der Waals surface area contributed by atoms with Gasteiger partial charge in [-0.3, -0.25) is 4.79 Å². The average Bonchev–Trinajstić information content (AvgIpc) is 2.67. The highest BCUT2D eigenvalue weighted by Gasteiger charge is 2.33. The summed E-state index contributed by atoms with van der Waals surface area (Å²) in [6.45, 7) is 6.29. The van der Waals surface area contributed by atoms with Gasteiger partial charge in [0.25, 0.3) is 0 Å². The maximum Gasteiger partial charge on any atom is 0.243 e. The normalized spacial score (nSPS) is 15.9. The zero-order valence-electron chi connectivity index (χ0n) is 17.4. The first-order valence-corrected chi connectivity index (χ1v) is 11.2. The van der Waals surface area contributed by atoms with E-state index < -0.39 is 10.0 Å². The van der Waals surface area contributed by atoms with Crippen molar-refractivity contribution in [1.29, 1.82) is 0 Å². The number of ether oxygens (including phenoxy) is 1. The smallest absolute Gasteiger partial charge is 0.243 e. The van der Waals surface area contributed by atoms with E-state index in [1.807, 2.05) is 45.0 Å². The van der Waals surface area contributed by atoms with Gasteiger partial charge >= 0.3 is 0 Å². The Morgan fingerprint density at radius 2 is 1.66 bits per heavy atom. The Morgan fingerprint density at radius 3 is 2.24 bits per heavy atom. The molecule has 1 aliphatic rings. The van der Waals surface area contributed by atoms with Crippen molar-refractivity contribution < 1.29 is 17.9 Å². The molecule has 0 spiro atoms. The van der Waals surface area contributed by atoms with Crippen molar-refractivity contribution in [2.45, 2.75) is 38.5 Å². The highest BCUT2D eigenvalue weighted by atomic mass is 32.2. The number of carbonyl (C=O) groups is 1. The Hall–Kier alpha value is -2.38. The number of carbonyl (C=O) groups excluding carboxylic acids is 1. The van der Waals surface area contributed by atoms with Gasteiger partial charge in [0.15, 0.2) is 0 Å². The molecule has 29 heavy (non-hydrogen) atoms. The van der Waals surface area contributed by atoms with Crippen LogP contribution in [-0.2, 0) is 14.8 Å². The van der Waals surface area contributed by atoms with Crippen LogP contribution in [0.4, 0.5) is 5.69 Å². The van der Waals surface area contributed by atoms with Crippen LogP contribution in [0.25, 0.3) is 0 Å². The Kier molecular flexibility index (Phi) is 6.29. The van der Waals surface area contributed by atoms with Crippen molar-refractivity contribution in [3.8, 4) is 5.75 Å². The first-order chi connectivity index (χ1) is 13.7. The van der Waals surface area contributed by atoms with E-state index in [1.165, 1.54) is 4.31 Å². The maximum absolute atomic E-state index is 13.2. The summed E-state index contributed by atoms with van der Waals surface area (Å²) < 4.78 is 33.2. The van der Waals surface area contributed by atoms with Crippen LogP contribution in [-0.4, -0.2) is 38.8 Å². The molecular weight excluding hydrogens is 388 g/mol. The van der Waals surface area contributed by atoms with E-state index >= 15 is 0 Å². The first kappa shape index (κ1) is 21.3. The molecule has 3 rings (SSSR count). The molecule has 7 heteroatoms. The summed E-state index contributed by atoms with van der Waals surface area (Å²) >= 11 is 0. The topological polar surface area (TPSA) is 75.7 Å². The van der Waals surface area contributed by atoms with Crippen LogP contribution in [0.1, 0.15) is 29.5 Å². The van der Waals surface area contributed by atoms with Crippen molar-refractivity contribution >= 4 is 21.6 Å². The van der Waals surface area contributed by atoms with Crippen molar-refractivity contribution in [2.24, 2.45) is 5.92 Å². The molecule has 2 aromatic carbocycles. The van der Waals surface area contributed by atoms with Crippen molar-refractivity contribution in [2.75, 3.05) is 25.5 Å². The SMILES string of the molecule is COc1ccccc1NC(=O)C1CCN(S(=O)(=O)c2c(C)cc(C)cc2C)CC1. The third-order valence-electron chi connectivity index (χ3n) is 5.39. The third kappa shape index (κ3) is 4.46.